The van der Waals surface area contributed by atoms with Gasteiger partial charge in [0.2, 0.25) is 0 Å². The fourth-order valence-electron chi connectivity index (χ4n) is 2.01. The minimum atomic E-state index is -0.773. The highest BCUT2D eigenvalue weighted by molar-refractivity contribution is 5.99. The lowest BCUT2D eigenvalue weighted by molar-refractivity contribution is -0.129. The van der Waals surface area contributed by atoms with Gasteiger partial charge in [0.1, 0.15) is 11.6 Å². The summed E-state index contributed by atoms with van der Waals surface area (Å²) in [4.78, 5) is 12.2. The lowest BCUT2D eigenvalue weighted by atomic mass is 10.1. The zero-order valence-corrected chi connectivity index (χ0v) is 13.5. The summed E-state index contributed by atoms with van der Waals surface area (Å²) in [6.45, 7) is 0. The van der Waals surface area contributed by atoms with Gasteiger partial charge in [0.15, 0.2) is 11.5 Å². The second-order valence-corrected chi connectivity index (χ2v) is 4.84. The number of rotatable bonds is 5. The molecule has 0 heterocycles. The molecule has 2 aromatic carbocycles. The normalized spacial score (nSPS) is 10.8. The van der Waals surface area contributed by atoms with Crippen LogP contribution in [0.4, 0.5) is 0 Å². The van der Waals surface area contributed by atoms with E-state index in [1.807, 2.05) is 30.3 Å². The van der Waals surface area contributed by atoms with Crippen molar-refractivity contribution in [3.05, 3.63) is 71.3 Å². The Bertz CT molecular complexity index is 901. The van der Waals surface area contributed by atoms with Crippen LogP contribution in [0.25, 0.3) is 12.2 Å². The van der Waals surface area contributed by atoms with Gasteiger partial charge in [-0.2, -0.15) is 10.5 Å². The van der Waals surface area contributed by atoms with Crippen LogP contribution in [0, 0.1) is 22.7 Å². The number of methoxy groups -OCH3 is 1. The Morgan fingerprint density at radius 3 is 2.44 bits per heavy atom. The van der Waals surface area contributed by atoms with Crippen molar-refractivity contribution in [2.45, 2.75) is 0 Å². The van der Waals surface area contributed by atoms with E-state index < -0.39 is 5.97 Å². The number of ether oxygens (including phenoxy) is 2. The van der Waals surface area contributed by atoms with E-state index in [2.05, 4.69) is 0 Å². The highest BCUT2D eigenvalue weighted by Gasteiger charge is 2.15. The van der Waals surface area contributed by atoms with Crippen LogP contribution in [0.5, 0.6) is 11.5 Å². The first kappa shape index (κ1) is 17.5. The van der Waals surface area contributed by atoms with Crippen molar-refractivity contribution in [1.29, 1.82) is 10.5 Å². The van der Waals surface area contributed by atoms with Crippen LogP contribution in [-0.2, 0) is 4.79 Å². The monoisotopic (exact) mass is 330 g/mol. The summed E-state index contributed by atoms with van der Waals surface area (Å²) in [7, 11) is 1.44. The lowest BCUT2D eigenvalue weighted by Gasteiger charge is -2.09. The van der Waals surface area contributed by atoms with Crippen molar-refractivity contribution in [3.8, 4) is 23.6 Å². The third-order valence-corrected chi connectivity index (χ3v) is 3.19. The van der Waals surface area contributed by atoms with Crippen molar-refractivity contribution in [3.63, 3.8) is 0 Å². The smallest absolute Gasteiger partial charge is 0.354 e. The molecule has 0 aliphatic rings. The number of hydrogen-bond acceptors (Lipinski definition) is 5. The van der Waals surface area contributed by atoms with Gasteiger partial charge >= 0.3 is 5.97 Å². The van der Waals surface area contributed by atoms with Gasteiger partial charge < -0.3 is 9.47 Å². The Labute approximate surface area is 145 Å². The van der Waals surface area contributed by atoms with Crippen LogP contribution < -0.4 is 9.47 Å². The van der Waals surface area contributed by atoms with E-state index in [0.29, 0.717) is 5.75 Å². The molecule has 0 aromatic heterocycles. The third-order valence-electron chi connectivity index (χ3n) is 3.19. The molecule has 0 fully saturated rings. The van der Waals surface area contributed by atoms with Crippen molar-refractivity contribution >= 4 is 18.1 Å². The van der Waals surface area contributed by atoms with Gasteiger partial charge in [-0.05, 0) is 35.4 Å². The first-order chi connectivity index (χ1) is 12.2. The number of carbonyl (C=O) groups is 1. The molecular weight excluding hydrogens is 316 g/mol. The topological polar surface area (TPSA) is 83.1 Å². The molecule has 25 heavy (non-hydrogen) atoms. The van der Waals surface area contributed by atoms with Gasteiger partial charge in [-0.15, -0.1) is 0 Å². The molecule has 0 aliphatic carbocycles. The number of esters is 1. The van der Waals surface area contributed by atoms with Gasteiger partial charge in [-0.25, -0.2) is 4.79 Å². The second-order valence-electron chi connectivity index (χ2n) is 4.84. The average Bonchev–Trinajstić information content (AvgIpc) is 2.65. The molecule has 0 saturated carbocycles. The molecule has 0 spiro atoms. The van der Waals surface area contributed by atoms with Crippen LogP contribution in [0.15, 0.2) is 60.2 Å². The van der Waals surface area contributed by atoms with Crippen molar-refractivity contribution < 1.29 is 14.3 Å². The maximum absolute atomic E-state index is 12.2. The first-order valence-electron chi connectivity index (χ1n) is 7.31. The predicted molar refractivity (Wildman–Crippen MR) is 93.3 cm³/mol. The molecule has 122 valence electrons. The standard InChI is InChI=1S/C20H14N2O3/c1-24-19-13-16(8-5-11-21)9-10-18(19)25-20(23)17(14-22)12-15-6-3-2-4-7-15/h2-10,12-13H,1H3/b8-5-,17-12+. The van der Waals surface area contributed by atoms with E-state index in [1.165, 1.54) is 19.3 Å². The van der Waals surface area contributed by atoms with E-state index >= 15 is 0 Å². The lowest BCUT2D eigenvalue weighted by Crippen LogP contribution is -2.11. The Kier molecular flexibility index (Phi) is 6.11. The summed E-state index contributed by atoms with van der Waals surface area (Å²) < 4.78 is 10.5. The summed E-state index contributed by atoms with van der Waals surface area (Å²) in [6, 6.07) is 17.6. The van der Waals surface area contributed by atoms with Gasteiger partial charge in [0.05, 0.1) is 13.2 Å². The highest BCUT2D eigenvalue weighted by atomic mass is 16.6. The number of hydrogen-bond donors (Lipinski definition) is 0. The summed E-state index contributed by atoms with van der Waals surface area (Å²) in [5.74, 6) is -0.258. The molecule has 0 atom stereocenters. The van der Waals surface area contributed by atoms with Crippen LogP contribution in [0.1, 0.15) is 11.1 Å². The highest BCUT2D eigenvalue weighted by Crippen LogP contribution is 2.29. The van der Waals surface area contributed by atoms with Gasteiger partial charge in [-0.3, -0.25) is 0 Å². The first-order valence-corrected chi connectivity index (χ1v) is 7.31. The van der Waals surface area contributed by atoms with Crippen LogP contribution >= 0.6 is 0 Å². The van der Waals surface area contributed by atoms with Crippen LogP contribution in [0.3, 0.4) is 0 Å². The number of nitriles is 2. The van der Waals surface area contributed by atoms with Gasteiger partial charge in [0.25, 0.3) is 0 Å². The molecule has 0 amide bonds. The Morgan fingerprint density at radius 2 is 1.80 bits per heavy atom. The molecular formula is C20H14N2O3. The second kappa shape index (κ2) is 8.71. The SMILES string of the molecule is COc1cc(/C=C\C#N)ccc1OC(=O)/C(C#N)=C/c1ccccc1. The summed E-state index contributed by atoms with van der Waals surface area (Å²) >= 11 is 0. The zero-order valence-electron chi connectivity index (χ0n) is 13.5. The van der Waals surface area contributed by atoms with Crippen molar-refractivity contribution in [2.24, 2.45) is 0 Å². The number of nitrogens with zero attached hydrogens (tertiary/aromatic N) is 2. The molecule has 2 rings (SSSR count). The molecule has 2 aromatic rings. The number of allylic oxidation sites excluding steroid dienone is 1. The molecule has 5 heteroatoms. The maximum atomic E-state index is 12.2. The van der Waals surface area contributed by atoms with E-state index in [1.54, 1.807) is 36.4 Å². The molecule has 0 bridgehead atoms. The predicted octanol–water partition coefficient (Wildman–Crippen LogP) is 3.74. The zero-order chi connectivity index (χ0) is 18.1. The quantitative estimate of drug-likeness (QED) is 0.361. The summed E-state index contributed by atoms with van der Waals surface area (Å²) in [6.07, 6.45) is 4.39. The Balaban J connectivity index is 2.24. The molecule has 0 radical (unpaired) electrons. The largest absolute Gasteiger partial charge is 0.493 e. The van der Waals surface area contributed by atoms with Gasteiger partial charge in [0, 0.05) is 6.08 Å². The van der Waals surface area contributed by atoms with Crippen molar-refractivity contribution in [1.82, 2.24) is 0 Å². The van der Waals surface area contributed by atoms with Gasteiger partial charge in [-0.1, -0.05) is 36.4 Å². The molecule has 0 aliphatic heterocycles. The Morgan fingerprint density at radius 1 is 1.04 bits per heavy atom. The summed E-state index contributed by atoms with van der Waals surface area (Å²) in [5.41, 5.74) is 1.32. The fourth-order valence-corrected chi connectivity index (χ4v) is 2.01. The molecule has 0 N–H and O–H groups in total. The van der Waals surface area contributed by atoms with E-state index in [9.17, 15) is 10.1 Å². The van der Waals surface area contributed by atoms with E-state index in [0.717, 1.165) is 11.1 Å². The molecule has 5 nitrogen and oxygen atoms in total. The van der Waals surface area contributed by atoms with E-state index in [4.69, 9.17) is 14.7 Å². The van der Waals surface area contributed by atoms with Crippen LogP contribution in [0.2, 0.25) is 0 Å². The number of carbonyl (C=O) groups excluding carboxylic acids is 1. The van der Waals surface area contributed by atoms with Crippen LogP contribution in [-0.4, -0.2) is 13.1 Å². The number of benzene rings is 2. The molecule has 0 unspecified atom stereocenters. The van der Waals surface area contributed by atoms with Crippen molar-refractivity contribution in [2.75, 3.05) is 7.11 Å². The fraction of sp³-hybridized carbons (Fsp3) is 0.0500. The minimum absolute atomic E-state index is 0.123. The third kappa shape index (κ3) is 4.82. The maximum Gasteiger partial charge on any atom is 0.354 e. The minimum Gasteiger partial charge on any atom is -0.493 e. The average molecular weight is 330 g/mol. The Hall–Kier alpha value is -3.83. The molecule has 0 saturated heterocycles. The van der Waals surface area contributed by atoms with E-state index in [-0.39, 0.29) is 11.3 Å². The summed E-state index contributed by atoms with van der Waals surface area (Å²) in [5, 5.41) is 17.8.